The van der Waals surface area contributed by atoms with E-state index in [1.165, 1.54) is 12.1 Å². The fourth-order valence-corrected chi connectivity index (χ4v) is 3.48. The SMILES string of the molecule is NC(C=O)N1CC2CN(Cc3ccc(F)cc3F)CC2C1. The van der Waals surface area contributed by atoms with Gasteiger partial charge in [-0.05, 0) is 17.9 Å². The zero-order valence-electron chi connectivity index (χ0n) is 11.7. The lowest BCUT2D eigenvalue weighted by Crippen LogP contribution is -2.43. The molecule has 2 N–H and O–H groups in total. The Labute approximate surface area is 122 Å². The molecule has 0 aromatic heterocycles. The predicted molar refractivity (Wildman–Crippen MR) is 74.2 cm³/mol. The van der Waals surface area contributed by atoms with Gasteiger partial charge in [-0.25, -0.2) is 8.78 Å². The average Bonchev–Trinajstić information content (AvgIpc) is 2.99. The normalized spacial score (nSPS) is 27.8. The van der Waals surface area contributed by atoms with Gasteiger partial charge in [-0.1, -0.05) is 6.07 Å². The van der Waals surface area contributed by atoms with E-state index in [0.29, 0.717) is 23.9 Å². The van der Waals surface area contributed by atoms with Crippen molar-refractivity contribution < 1.29 is 13.6 Å². The Morgan fingerprint density at radius 3 is 2.48 bits per heavy atom. The van der Waals surface area contributed by atoms with Crippen LogP contribution >= 0.6 is 0 Å². The van der Waals surface area contributed by atoms with Crippen molar-refractivity contribution in [3.63, 3.8) is 0 Å². The van der Waals surface area contributed by atoms with Crippen LogP contribution in [0, 0.1) is 23.5 Å². The lowest BCUT2D eigenvalue weighted by Gasteiger charge is -2.23. The van der Waals surface area contributed by atoms with E-state index in [1.807, 2.05) is 4.90 Å². The fraction of sp³-hybridized carbons (Fsp3) is 0.533. The van der Waals surface area contributed by atoms with Crippen LogP contribution in [0.15, 0.2) is 18.2 Å². The monoisotopic (exact) mass is 295 g/mol. The van der Waals surface area contributed by atoms with Crippen molar-refractivity contribution in [2.75, 3.05) is 26.2 Å². The number of hydrogen-bond acceptors (Lipinski definition) is 4. The number of carbonyl (C=O) groups excluding carboxylic acids is 1. The molecule has 2 aliphatic rings. The van der Waals surface area contributed by atoms with Gasteiger partial charge in [0.2, 0.25) is 0 Å². The minimum Gasteiger partial charge on any atom is -0.310 e. The Morgan fingerprint density at radius 2 is 1.90 bits per heavy atom. The van der Waals surface area contributed by atoms with E-state index in [-0.39, 0.29) is 0 Å². The Hall–Kier alpha value is -1.37. The summed E-state index contributed by atoms with van der Waals surface area (Å²) in [6, 6.07) is 3.73. The third-order valence-electron chi connectivity index (χ3n) is 4.56. The van der Waals surface area contributed by atoms with Crippen LogP contribution in [-0.4, -0.2) is 48.4 Å². The highest BCUT2D eigenvalue weighted by atomic mass is 19.1. The molecule has 2 saturated heterocycles. The van der Waals surface area contributed by atoms with Crippen molar-refractivity contribution in [1.29, 1.82) is 0 Å². The number of benzene rings is 1. The van der Waals surface area contributed by atoms with E-state index in [4.69, 9.17) is 5.73 Å². The van der Waals surface area contributed by atoms with Gasteiger partial charge in [0.15, 0.2) is 6.29 Å². The molecule has 3 atom stereocenters. The first-order valence-electron chi connectivity index (χ1n) is 7.18. The van der Waals surface area contributed by atoms with E-state index in [1.54, 1.807) is 0 Å². The van der Waals surface area contributed by atoms with Gasteiger partial charge in [-0.15, -0.1) is 0 Å². The van der Waals surface area contributed by atoms with Crippen molar-refractivity contribution in [3.8, 4) is 0 Å². The van der Waals surface area contributed by atoms with Crippen LogP contribution in [0.2, 0.25) is 0 Å². The van der Waals surface area contributed by atoms with E-state index < -0.39 is 17.8 Å². The lowest BCUT2D eigenvalue weighted by molar-refractivity contribution is -0.112. The molecule has 4 nitrogen and oxygen atoms in total. The number of aldehydes is 1. The van der Waals surface area contributed by atoms with Crippen molar-refractivity contribution in [2.45, 2.75) is 12.7 Å². The highest BCUT2D eigenvalue weighted by Gasteiger charge is 2.41. The summed E-state index contributed by atoms with van der Waals surface area (Å²) in [5.41, 5.74) is 6.26. The Kier molecular flexibility index (Phi) is 4.01. The summed E-state index contributed by atoms with van der Waals surface area (Å²) >= 11 is 0. The molecule has 114 valence electrons. The maximum absolute atomic E-state index is 13.7. The van der Waals surface area contributed by atoms with Gasteiger partial charge in [0.1, 0.15) is 17.8 Å². The highest BCUT2D eigenvalue weighted by Crippen LogP contribution is 2.32. The van der Waals surface area contributed by atoms with Crippen molar-refractivity contribution in [2.24, 2.45) is 17.6 Å². The number of likely N-dealkylation sites (tertiary alicyclic amines) is 2. The standard InChI is InChI=1S/C15H19F2N3O/c16-13-2-1-10(14(17)3-13)4-19-5-11-7-20(15(18)9-21)8-12(11)6-19/h1-3,9,11-12,15H,4-8,18H2. The van der Waals surface area contributed by atoms with E-state index >= 15 is 0 Å². The lowest BCUT2D eigenvalue weighted by atomic mass is 10.0. The summed E-state index contributed by atoms with van der Waals surface area (Å²) in [6.07, 6.45) is 0.255. The topological polar surface area (TPSA) is 49.6 Å². The van der Waals surface area contributed by atoms with E-state index in [0.717, 1.165) is 38.5 Å². The number of nitrogens with two attached hydrogens (primary N) is 1. The minimum absolute atomic E-state index is 0.472. The summed E-state index contributed by atoms with van der Waals surface area (Å²) in [7, 11) is 0. The zero-order valence-corrected chi connectivity index (χ0v) is 11.7. The van der Waals surface area contributed by atoms with Gasteiger partial charge in [0, 0.05) is 44.4 Å². The average molecular weight is 295 g/mol. The molecule has 0 aliphatic carbocycles. The summed E-state index contributed by atoms with van der Waals surface area (Å²) in [5, 5.41) is 0. The molecule has 2 heterocycles. The number of hydrogen-bond donors (Lipinski definition) is 1. The van der Waals surface area contributed by atoms with Crippen LogP contribution in [0.1, 0.15) is 5.56 Å². The van der Waals surface area contributed by atoms with Gasteiger partial charge in [-0.2, -0.15) is 0 Å². The molecular formula is C15H19F2N3O. The molecule has 0 amide bonds. The third-order valence-corrected chi connectivity index (χ3v) is 4.56. The van der Waals surface area contributed by atoms with Crippen molar-refractivity contribution >= 4 is 6.29 Å². The molecule has 2 aliphatic heterocycles. The Bertz CT molecular complexity index is 526. The van der Waals surface area contributed by atoms with Crippen molar-refractivity contribution in [1.82, 2.24) is 9.80 Å². The van der Waals surface area contributed by atoms with E-state index in [2.05, 4.69) is 4.90 Å². The maximum Gasteiger partial charge on any atom is 0.151 e. The molecule has 2 fully saturated rings. The van der Waals surface area contributed by atoms with Crippen LogP contribution in [0.4, 0.5) is 8.78 Å². The first-order valence-corrected chi connectivity index (χ1v) is 7.18. The Morgan fingerprint density at radius 1 is 1.24 bits per heavy atom. The second kappa shape index (κ2) is 5.79. The van der Waals surface area contributed by atoms with Crippen LogP contribution in [0.3, 0.4) is 0 Å². The minimum atomic E-state index is -0.548. The molecule has 1 aromatic rings. The number of rotatable bonds is 4. The van der Waals surface area contributed by atoms with Gasteiger partial charge in [0.25, 0.3) is 0 Å². The molecule has 3 unspecified atom stereocenters. The van der Waals surface area contributed by atoms with Gasteiger partial charge < -0.3 is 10.5 Å². The van der Waals surface area contributed by atoms with Gasteiger partial charge in [0.05, 0.1) is 0 Å². The molecule has 0 spiro atoms. The second-order valence-corrected chi connectivity index (χ2v) is 6.03. The van der Waals surface area contributed by atoms with E-state index in [9.17, 15) is 13.6 Å². The number of fused-ring (bicyclic) bond motifs is 1. The fourth-order valence-electron chi connectivity index (χ4n) is 3.48. The molecular weight excluding hydrogens is 276 g/mol. The molecule has 0 saturated carbocycles. The molecule has 6 heteroatoms. The summed E-state index contributed by atoms with van der Waals surface area (Å²) in [5.74, 6) is -0.0938. The molecule has 1 aromatic carbocycles. The van der Waals surface area contributed by atoms with Crippen LogP contribution in [0.25, 0.3) is 0 Å². The molecule has 0 radical (unpaired) electrons. The van der Waals surface area contributed by atoms with Gasteiger partial charge in [-0.3, -0.25) is 9.80 Å². The zero-order chi connectivity index (χ0) is 15.0. The molecule has 0 bridgehead atoms. The number of halogens is 2. The smallest absolute Gasteiger partial charge is 0.151 e. The number of carbonyl (C=O) groups is 1. The van der Waals surface area contributed by atoms with Crippen molar-refractivity contribution in [3.05, 3.63) is 35.4 Å². The quantitative estimate of drug-likeness (QED) is 0.835. The first-order chi connectivity index (χ1) is 10.1. The first kappa shape index (κ1) is 14.6. The molecule has 21 heavy (non-hydrogen) atoms. The van der Waals surface area contributed by atoms with Crippen LogP contribution < -0.4 is 5.73 Å². The summed E-state index contributed by atoms with van der Waals surface area (Å²) in [6.45, 7) is 3.85. The largest absolute Gasteiger partial charge is 0.310 e. The molecule has 3 rings (SSSR count). The van der Waals surface area contributed by atoms with Crippen LogP contribution in [-0.2, 0) is 11.3 Å². The third kappa shape index (κ3) is 2.97. The predicted octanol–water partition coefficient (Wildman–Crippen LogP) is 0.812. The number of nitrogens with zero attached hydrogens (tertiary/aromatic N) is 2. The second-order valence-electron chi connectivity index (χ2n) is 6.03. The maximum atomic E-state index is 13.7. The van der Waals surface area contributed by atoms with Crippen LogP contribution in [0.5, 0.6) is 0 Å². The summed E-state index contributed by atoms with van der Waals surface area (Å²) < 4.78 is 26.6. The summed E-state index contributed by atoms with van der Waals surface area (Å²) in [4.78, 5) is 14.9. The Balaban J connectivity index is 1.59. The van der Waals surface area contributed by atoms with Gasteiger partial charge >= 0.3 is 0 Å². The highest BCUT2D eigenvalue weighted by molar-refractivity contribution is 5.56.